The maximum Gasteiger partial charge on any atom is 0.139 e. The van der Waals surface area contributed by atoms with Gasteiger partial charge in [0.15, 0.2) is 0 Å². The summed E-state index contributed by atoms with van der Waals surface area (Å²) in [5.41, 5.74) is 1.17. The highest BCUT2D eigenvalue weighted by molar-refractivity contribution is 5.48. The van der Waals surface area contributed by atoms with E-state index in [-0.39, 0.29) is 0 Å². The fourth-order valence-corrected chi connectivity index (χ4v) is 2.88. The van der Waals surface area contributed by atoms with E-state index in [9.17, 15) is 0 Å². The molecule has 0 amide bonds. The lowest BCUT2D eigenvalue weighted by atomic mass is 10.3. The second-order valence-electron chi connectivity index (χ2n) is 5.51. The molecular weight excluding hydrogens is 252 g/mol. The molecule has 5 heteroatoms. The molecule has 110 valence electrons. The Labute approximate surface area is 120 Å². The van der Waals surface area contributed by atoms with E-state index in [1.54, 1.807) is 0 Å². The van der Waals surface area contributed by atoms with Crippen LogP contribution in [0.5, 0.6) is 5.75 Å². The molecule has 0 bridgehead atoms. The maximum absolute atomic E-state index is 5.85. The standard InChI is InChI=1S/C15H24N4O/c1-2-6-18(5-1)9-10-20-15-11-14(12-17-13-15)19-7-3-16-4-8-19/h11-13,16H,1-10H2. The average molecular weight is 276 g/mol. The Kier molecular flexibility index (Phi) is 4.71. The molecule has 3 rings (SSSR count). The minimum Gasteiger partial charge on any atom is -0.491 e. The number of aromatic nitrogens is 1. The summed E-state index contributed by atoms with van der Waals surface area (Å²) < 4.78 is 5.85. The summed E-state index contributed by atoms with van der Waals surface area (Å²) in [5, 5.41) is 3.37. The van der Waals surface area contributed by atoms with E-state index >= 15 is 0 Å². The number of piperazine rings is 1. The van der Waals surface area contributed by atoms with Gasteiger partial charge in [0, 0.05) is 38.8 Å². The molecule has 1 N–H and O–H groups in total. The molecule has 0 saturated carbocycles. The summed E-state index contributed by atoms with van der Waals surface area (Å²) in [6.07, 6.45) is 6.41. The highest BCUT2D eigenvalue weighted by atomic mass is 16.5. The fourth-order valence-electron chi connectivity index (χ4n) is 2.88. The quantitative estimate of drug-likeness (QED) is 0.868. The maximum atomic E-state index is 5.85. The third kappa shape index (κ3) is 3.61. The first kappa shape index (κ1) is 13.6. The van der Waals surface area contributed by atoms with Gasteiger partial charge in [-0.05, 0) is 25.9 Å². The summed E-state index contributed by atoms with van der Waals surface area (Å²) in [5.74, 6) is 0.889. The van der Waals surface area contributed by atoms with Crippen LogP contribution in [-0.2, 0) is 0 Å². The van der Waals surface area contributed by atoms with E-state index in [1.165, 1.54) is 31.6 Å². The van der Waals surface area contributed by atoms with E-state index in [1.807, 2.05) is 12.4 Å². The van der Waals surface area contributed by atoms with Crippen LogP contribution in [0.3, 0.4) is 0 Å². The van der Waals surface area contributed by atoms with Crippen LogP contribution >= 0.6 is 0 Å². The van der Waals surface area contributed by atoms with E-state index in [2.05, 4.69) is 26.2 Å². The van der Waals surface area contributed by atoms with Crippen LogP contribution in [0.1, 0.15) is 12.8 Å². The lowest BCUT2D eigenvalue weighted by Crippen LogP contribution is -2.43. The SMILES string of the molecule is c1ncc(N2CCNCC2)cc1OCCN1CCCC1. The molecule has 2 fully saturated rings. The van der Waals surface area contributed by atoms with Crippen LogP contribution in [0, 0.1) is 0 Å². The van der Waals surface area contributed by atoms with Crippen LogP contribution in [0.15, 0.2) is 18.5 Å². The highest BCUT2D eigenvalue weighted by Crippen LogP contribution is 2.20. The second-order valence-corrected chi connectivity index (χ2v) is 5.51. The third-order valence-corrected chi connectivity index (χ3v) is 4.06. The zero-order chi connectivity index (χ0) is 13.6. The highest BCUT2D eigenvalue weighted by Gasteiger charge is 2.13. The van der Waals surface area contributed by atoms with Gasteiger partial charge in [-0.1, -0.05) is 0 Å². The van der Waals surface area contributed by atoms with Gasteiger partial charge in [0.05, 0.1) is 18.1 Å². The number of nitrogens with one attached hydrogen (secondary N) is 1. The topological polar surface area (TPSA) is 40.6 Å². The largest absolute Gasteiger partial charge is 0.491 e. The van der Waals surface area contributed by atoms with Crippen molar-refractivity contribution in [3.05, 3.63) is 18.5 Å². The molecular formula is C15H24N4O. The van der Waals surface area contributed by atoms with Crippen molar-refractivity contribution in [3.8, 4) is 5.75 Å². The van der Waals surface area contributed by atoms with Crippen molar-refractivity contribution in [1.29, 1.82) is 0 Å². The molecule has 3 heterocycles. The van der Waals surface area contributed by atoms with Gasteiger partial charge in [0.2, 0.25) is 0 Å². The van der Waals surface area contributed by atoms with Crippen LogP contribution < -0.4 is 15.0 Å². The van der Waals surface area contributed by atoms with Crippen molar-refractivity contribution < 1.29 is 4.74 Å². The van der Waals surface area contributed by atoms with Crippen LogP contribution in [-0.4, -0.2) is 62.3 Å². The van der Waals surface area contributed by atoms with Gasteiger partial charge in [0.25, 0.3) is 0 Å². The monoisotopic (exact) mass is 276 g/mol. The molecule has 0 atom stereocenters. The molecule has 0 aliphatic carbocycles. The number of rotatable bonds is 5. The molecule has 0 unspecified atom stereocenters. The summed E-state index contributed by atoms with van der Waals surface area (Å²) in [6, 6.07) is 2.11. The summed E-state index contributed by atoms with van der Waals surface area (Å²) in [6.45, 7) is 8.40. The Hall–Kier alpha value is -1.33. The second kappa shape index (κ2) is 6.90. The van der Waals surface area contributed by atoms with Gasteiger partial charge in [-0.15, -0.1) is 0 Å². The molecule has 2 saturated heterocycles. The molecule has 0 spiro atoms. The fraction of sp³-hybridized carbons (Fsp3) is 0.667. The van der Waals surface area contributed by atoms with Crippen molar-refractivity contribution in [2.24, 2.45) is 0 Å². The van der Waals surface area contributed by atoms with Gasteiger partial charge < -0.3 is 15.0 Å². The number of anilines is 1. The molecule has 1 aromatic rings. The van der Waals surface area contributed by atoms with Gasteiger partial charge in [-0.25, -0.2) is 0 Å². The minimum absolute atomic E-state index is 0.757. The summed E-state index contributed by atoms with van der Waals surface area (Å²) in [7, 11) is 0. The van der Waals surface area contributed by atoms with Gasteiger partial charge in [-0.3, -0.25) is 9.88 Å². The number of hydrogen-bond acceptors (Lipinski definition) is 5. The first-order valence-corrected chi connectivity index (χ1v) is 7.68. The molecule has 20 heavy (non-hydrogen) atoms. The molecule has 5 nitrogen and oxygen atoms in total. The van der Waals surface area contributed by atoms with Crippen LogP contribution in [0.2, 0.25) is 0 Å². The lowest BCUT2D eigenvalue weighted by molar-refractivity contribution is 0.237. The van der Waals surface area contributed by atoms with E-state index in [4.69, 9.17) is 4.74 Å². The lowest BCUT2D eigenvalue weighted by Gasteiger charge is -2.29. The molecule has 1 aromatic heterocycles. The summed E-state index contributed by atoms with van der Waals surface area (Å²) >= 11 is 0. The van der Waals surface area contributed by atoms with Gasteiger partial charge >= 0.3 is 0 Å². The Morgan fingerprint density at radius 2 is 1.90 bits per heavy atom. The number of ether oxygens (including phenoxy) is 1. The van der Waals surface area contributed by atoms with E-state index < -0.39 is 0 Å². The smallest absolute Gasteiger partial charge is 0.139 e. The van der Waals surface area contributed by atoms with Gasteiger partial charge in [-0.2, -0.15) is 0 Å². The Morgan fingerprint density at radius 3 is 2.70 bits per heavy atom. The predicted molar refractivity (Wildman–Crippen MR) is 80.5 cm³/mol. The van der Waals surface area contributed by atoms with Crippen molar-refractivity contribution in [2.45, 2.75) is 12.8 Å². The number of nitrogens with zero attached hydrogens (tertiary/aromatic N) is 3. The van der Waals surface area contributed by atoms with Crippen molar-refractivity contribution in [3.63, 3.8) is 0 Å². The van der Waals surface area contributed by atoms with Crippen molar-refractivity contribution in [2.75, 3.05) is 57.3 Å². The summed E-state index contributed by atoms with van der Waals surface area (Å²) in [4.78, 5) is 9.13. The van der Waals surface area contributed by atoms with Gasteiger partial charge in [0.1, 0.15) is 12.4 Å². The Bertz CT molecular complexity index is 414. The zero-order valence-electron chi connectivity index (χ0n) is 12.1. The minimum atomic E-state index is 0.757. The Morgan fingerprint density at radius 1 is 1.10 bits per heavy atom. The number of pyridine rings is 1. The predicted octanol–water partition coefficient (Wildman–Crippen LogP) is 0.966. The third-order valence-electron chi connectivity index (χ3n) is 4.06. The van der Waals surface area contributed by atoms with Crippen molar-refractivity contribution >= 4 is 5.69 Å². The number of likely N-dealkylation sites (tertiary alicyclic amines) is 1. The van der Waals surface area contributed by atoms with Crippen LogP contribution in [0.25, 0.3) is 0 Å². The molecule has 2 aliphatic heterocycles. The Balaban J connectivity index is 1.51. The van der Waals surface area contributed by atoms with E-state index in [0.29, 0.717) is 0 Å². The average Bonchev–Trinajstić information content (AvgIpc) is 3.02. The van der Waals surface area contributed by atoms with Crippen molar-refractivity contribution in [1.82, 2.24) is 15.2 Å². The molecule has 2 aliphatic rings. The first-order chi connectivity index (χ1) is 9.92. The van der Waals surface area contributed by atoms with Crippen LogP contribution in [0.4, 0.5) is 5.69 Å². The molecule has 0 aromatic carbocycles. The van der Waals surface area contributed by atoms with E-state index in [0.717, 1.165) is 45.1 Å². The first-order valence-electron chi connectivity index (χ1n) is 7.68. The molecule has 0 radical (unpaired) electrons. The number of hydrogen-bond donors (Lipinski definition) is 1. The zero-order valence-corrected chi connectivity index (χ0v) is 12.1. The normalized spacial score (nSPS) is 20.3.